The number of fused-ring (bicyclic) bond motifs is 1. The average Bonchev–Trinajstić information content (AvgIpc) is 3.34. The third kappa shape index (κ3) is 3.49. The van der Waals surface area contributed by atoms with E-state index >= 15 is 0 Å². The van der Waals surface area contributed by atoms with E-state index in [1.165, 1.54) is 6.07 Å². The minimum absolute atomic E-state index is 0.274. The first-order valence-corrected chi connectivity index (χ1v) is 9.83. The molecule has 2 aromatic heterocycles. The van der Waals surface area contributed by atoms with Crippen LogP contribution in [0.5, 0.6) is 0 Å². The number of nitrogens with one attached hydrogen (secondary N) is 1. The van der Waals surface area contributed by atoms with Gasteiger partial charge in [-0.15, -0.1) is 0 Å². The van der Waals surface area contributed by atoms with E-state index in [2.05, 4.69) is 30.9 Å². The maximum Gasteiger partial charge on any atom is 0.151 e. The Labute approximate surface area is 159 Å². The number of benzene rings is 1. The van der Waals surface area contributed by atoms with Gasteiger partial charge in [0.1, 0.15) is 5.82 Å². The van der Waals surface area contributed by atoms with Crippen molar-refractivity contribution in [1.82, 2.24) is 14.8 Å². The molecule has 1 aliphatic rings. The van der Waals surface area contributed by atoms with Gasteiger partial charge in [-0.2, -0.15) is 5.10 Å². The summed E-state index contributed by atoms with van der Waals surface area (Å²) < 4.78 is 32.1. The second kappa shape index (κ2) is 7.39. The summed E-state index contributed by atoms with van der Waals surface area (Å²) in [5.41, 5.74) is 1.54. The number of aromatic nitrogens is 3. The second-order valence-corrected chi connectivity index (χ2v) is 7.76. The maximum atomic E-state index is 14.8. The minimum Gasteiger partial charge on any atom is -0.371 e. The fraction of sp³-hybridized carbons (Fsp3) is 0.421. The average molecular weight is 423 g/mol. The number of halogens is 3. The lowest BCUT2D eigenvalue weighted by atomic mass is 10.1. The third-order valence-corrected chi connectivity index (χ3v) is 5.40. The summed E-state index contributed by atoms with van der Waals surface area (Å²) in [6.45, 7) is 2.60. The maximum absolute atomic E-state index is 14.8. The van der Waals surface area contributed by atoms with E-state index in [-0.39, 0.29) is 17.2 Å². The first-order valence-electron chi connectivity index (χ1n) is 9.04. The summed E-state index contributed by atoms with van der Waals surface area (Å²) >= 11 is 3.37. The molecular weight excluding hydrogens is 402 g/mol. The highest BCUT2D eigenvalue weighted by molar-refractivity contribution is 9.10. The lowest BCUT2D eigenvalue weighted by Crippen LogP contribution is -2.17. The molecule has 0 radical (unpaired) electrons. The van der Waals surface area contributed by atoms with E-state index in [4.69, 9.17) is 0 Å². The largest absolute Gasteiger partial charge is 0.371 e. The van der Waals surface area contributed by atoms with Crippen molar-refractivity contribution in [3.63, 3.8) is 0 Å². The van der Waals surface area contributed by atoms with Gasteiger partial charge in [0.05, 0.1) is 21.9 Å². The Bertz CT molecular complexity index is 912. The van der Waals surface area contributed by atoms with Crippen LogP contribution in [-0.2, 0) is 13.0 Å². The topological polar surface area (TPSA) is 36.9 Å². The van der Waals surface area contributed by atoms with Crippen molar-refractivity contribution in [2.45, 2.75) is 38.6 Å². The summed E-state index contributed by atoms with van der Waals surface area (Å²) in [7, 11) is 0. The first kappa shape index (κ1) is 17.5. The van der Waals surface area contributed by atoms with Gasteiger partial charge in [-0.3, -0.25) is 4.68 Å². The normalized spacial score (nSPS) is 14.7. The zero-order chi connectivity index (χ0) is 18.1. The highest BCUT2D eigenvalue weighted by atomic mass is 79.9. The zero-order valence-corrected chi connectivity index (χ0v) is 16.0. The van der Waals surface area contributed by atoms with E-state index in [9.17, 15) is 8.78 Å². The Morgan fingerprint density at radius 3 is 2.69 bits per heavy atom. The molecule has 3 heterocycles. The monoisotopic (exact) mass is 422 g/mol. The third-order valence-electron chi connectivity index (χ3n) is 4.99. The van der Waals surface area contributed by atoms with Crippen LogP contribution < -0.4 is 4.90 Å². The van der Waals surface area contributed by atoms with E-state index in [1.54, 1.807) is 12.3 Å². The van der Waals surface area contributed by atoms with Crippen LogP contribution >= 0.6 is 15.9 Å². The number of rotatable bonds is 6. The molecule has 0 spiro atoms. The molecule has 0 bridgehead atoms. The Balaban J connectivity index is 1.47. The SMILES string of the molecule is Fc1c(CCCCn2cc(Br)cn2)[nH]c2c(F)cc(N3CCCC3)cc12. The lowest BCUT2D eigenvalue weighted by molar-refractivity contribution is 0.546. The molecule has 0 atom stereocenters. The van der Waals surface area contributed by atoms with Crippen LogP contribution in [0, 0.1) is 11.6 Å². The van der Waals surface area contributed by atoms with Crippen LogP contribution in [0.3, 0.4) is 0 Å². The van der Waals surface area contributed by atoms with Crippen LogP contribution in [0.2, 0.25) is 0 Å². The van der Waals surface area contributed by atoms with Gasteiger partial charge < -0.3 is 9.88 Å². The van der Waals surface area contributed by atoms with Gasteiger partial charge in [-0.25, -0.2) is 8.78 Å². The van der Waals surface area contributed by atoms with E-state index in [0.717, 1.165) is 55.5 Å². The molecule has 7 heteroatoms. The van der Waals surface area contributed by atoms with Gasteiger partial charge in [-0.1, -0.05) is 0 Å². The van der Waals surface area contributed by atoms with Gasteiger partial charge in [0, 0.05) is 36.9 Å². The summed E-state index contributed by atoms with van der Waals surface area (Å²) in [6.07, 6.45) is 8.12. The number of hydrogen-bond acceptors (Lipinski definition) is 2. The molecule has 1 aromatic carbocycles. The number of H-pyrrole nitrogens is 1. The number of anilines is 1. The molecule has 0 unspecified atom stereocenters. The molecular formula is C19H21BrF2N4. The highest BCUT2D eigenvalue weighted by Gasteiger charge is 2.19. The fourth-order valence-electron chi connectivity index (χ4n) is 3.63. The molecule has 0 aliphatic carbocycles. The lowest BCUT2D eigenvalue weighted by Gasteiger charge is -2.17. The van der Waals surface area contributed by atoms with E-state index in [0.29, 0.717) is 17.5 Å². The Morgan fingerprint density at radius 1 is 1.15 bits per heavy atom. The molecule has 0 amide bonds. The van der Waals surface area contributed by atoms with Crippen molar-refractivity contribution in [2.75, 3.05) is 18.0 Å². The number of nitrogens with zero attached hydrogens (tertiary/aromatic N) is 3. The molecule has 138 valence electrons. The van der Waals surface area contributed by atoms with Crippen LogP contribution in [0.25, 0.3) is 10.9 Å². The zero-order valence-electron chi connectivity index (χ0n) is 14.4. The molecule has 1 saturated heterocycles. The molecule has 1 N–H and O–H groups in total. The van der Waals surface area contributed by atoms with Gasteiger partial charge >= 0.3 is 0 Å². The highest BCUT2D eigenvalue weighted by Crippen LogP contribution is 2.31. The van der Waals surface area contributed by atoms with Crippen molar-refractivity contribution in [3.8, 4) is 0 Å². The van der Waals surface area contributed by atoms with Crippen molar-refractivity contribution in [2.24, 2.45) is 0 Å². The quantitative estimate of drug-likeness (QED) is 0.565. The number of hydrogen-bond donors (Lipinski definition) is 1. The van der Waals surface area contributed by atoms with Crippen LogP contribution in [0.15, 0.2) is 29.0 Å². The van der Waals surface area contributed by atoms with Crippen molar-refractivity contribution in [3.05, 3.63) is 46.3 Å². The number of aromatic amines is 1. The van der Waals surface area contributed by atoms with E-state index in [1.807, 2.05) is 10.9 Å². The van der Waals surface area contributed by atoms with Crippen LogP contribution in [-0.4, -0.2) is 27.9 Å². The summed E-state index contributed by atoms with van der Waals surface area (Å²) in [4.78, 5) is 5.08. The predicted octanol–water partition coefficient (Wildman–Crippen LogP) is 5.03. The predicted molar refractivity (Wildman–Crippen MR) is 103 cm³/mol. The summed E-state index contributed by atoms with van der Waals surface area (Å²) in [6, 6.07) is 3.29. The standard InChI is InChI=1S/C19H21BrF2N4/c20-13-11-23-26(12-13)8-2-1-5-17-18(22)15-9-14(25-6-3-4-7-25)10-16(21)19(15)24-17/h9-12,24H,1-8H2. The van der Waals surface area contributed by atoms with Crippen molar-refractivity contribution >= 4 is 32.5 Å². The molecule has 4 rings (SSSR count). The van der Waals surface area contributed by atoms with Crippen LogP contribution in [0.4, 0.5) is 14.5 Å². The smallest absolute Gasteiger partial charge is 0.151 e. The molecule has 3 aromatic rings. The van der Waals surface area contributed by atoms with Gasteiger partial charge in [0.25, 0.3) is 0 Å². The van der Waals surface area contributed by atoms with Crippen molar-refractivity contribution in [1.29, 1.82) is 0 Å². The number of aryl methyl sites for hydroxylation is 2. The van der Waals surface area contributed by atoms with Crippen molar-refractivity contribution < 1.29 is 8.78 Å². The minimum atomic E-state index is -0.379. The second-order valence-electron chi connectivity index (χ2n) is 6.84. The molecule has 1 fully saturated rings. The molecule has 0 saturated carbocycles. The number of unbranched alkanes of at least 4 members (excludes halogenated alkanes) is 1. The van der Waals surface area contributed by atoms with E-state index < -0.39 is 0 Å². The summed E-state index contributed by atoms with van der Waals surface area (Å²) in [5.74, 6) is -0.697. The molecule has 26 heavy (non-hydrogen) atoms. The molecule has 4 nitrogen and oxygen atoms in total. The Hall–Kier alpha value is -1.89. The first-order chi connectivity index (χ1) is 12.6. The van der Waals surface area contributed by atoms with Gasteiger partial charge in [-0.05, 0) is 60.2 Å². The summed E-state index contributed by atoms with van der Waals surface area (Å²) in [5, 5.41) is 4.56. The van der Waals surface area contributed by atoms with Crippen LogP contribution in [0.1, 0.15) is 31.4 Å². The Morgan fingerprint density at radius 2 is 1.96 bits per heavy atom. The molecule has 1 aliphatic heterocycles. The fourth-order valence-corrected chi connectivity index (χ4v) is 3.96. The van der Waals surface area contributed by atoms with Gasteiger partial charge in [0.15, 0.2) is 5.82 Å². The Kier molecular flexibility index (Phi) is 4.98. The van der Waals surface area contributed by atoms with Gasteiger partial charge in [0.2, 0.25) is 0 Å².